The molecular formula is C4H14N10. The maximum Gasteiger partial charge on any atom is 0.192 e. The monoisotopic (exact) mass is 202 g/mol. The molecule has 0 saturated heterocycles. The van der Waals surface area contributed by atoms with Crippen LogP contribution in [0, 0.1) is 21.6 Å². The quantitative estimate of drug-likeness (QED) is 0.143. The van der Waals surface area contributed by atoms with Crippen LogP contribution >= 0.6 is 0 Å². The summed E-state index contributed by atoms with van der Waals surface area (Å²) in [5.41, 5.74) is 19.0. The minimum absolute atomic E-state index is 0.312. The highest BCUT2D eigenvalue weighted by Gasteiger charge is 1.84. The van der Waals surface area contributed by atoms with Gasteiger partial charge in [-0.25, -0.2) is 0 Å². The van der Waals surface area contributed by atoms with E-state index in [1.165, 1.54) is 0 Å². The van der Waals surface area contributed by atoms with E-state index < -0.39 is 0 Å². The maximum absolute atomic E-state index is 6.47. The molecule has 0 fully saturated rings. The predicted octanol–water partition coefficient (Wildman–Crippen LogP) is -3.27. The van der Waals surface area contributed by atoms with Gasteiger partial charge in [-0.1, -0.05) is 0 Å². The van der Waals surface area contributed by atoms with Crippen molar-refractivity contribution in [1.82, 2.24) is 10.6 Å². The zero-order chi connectivity index (χ0) is 11.7. The molecule has 14 heavy (non-hydrogen) atoms. The van der Waals surface area contributed by atoms with Crippen molar-refractivity contribution in [3.63, 3.8) is 0 Å². The lowest BCUT2D eigenvalue weighted by Crippen LogP contribution is -2.39. The molecule has 0 radical (unpaired) electrons. The number of nitrogens with one attached hydrogen (secondary N) is 6. The first-order valence-electron chi connectivity index (χ1n) is 3.15. The van der Waals surface area contributed by atoms with Crippen LogP contribution in [0.3, 0.4) is 0 Å². The second kappa shape index (κ2) is 7.15. The summed E-state index contributed by atoms with van der Waals surface area (Å²) in [6, 6.07) is 0. The summed E-state index contributed by atoms with van der Waals surface area (Å²) < 4.78 is 0. The third kappa shape index (κ3) is 22.7. The standard InChI is InChI=1S/2C2H7N5/c2*3-1(4)7-2(5)6/h2*(H7,3,4,5,6,7). The second-order valence-electron chi connectivity index (χ2n) is 1.90. The Labute approximate surface area is 80.0 Å². The van der Waals surface area contributed by atoms with E-state index >= 15 is 0 Å². The highest BCUT2D eigenvalue weighted by Crippen LogP contribution is 1.44. The Morgan fingerprint density at radius 3 is 0.714 bits per heavy atom. The third-order valence-corrected chi connectivity index (χ3v) is 0.539. The predicted molar refractivity (Wildman–Crippen MR) is 53.9 cm³/mol. The van der Waals surface area contributed by atoms with Gasteiger partial charge in [-0.3, -0.25) is 32.3 Å². The van der Waals surface area contributed by atoms with E-state index in [0.717, 1.165) is 0 Å². The number of nitrogens with two attached hydrogens (primary N) is 4. The van der Waals surface area contributed by atoms with E-state index in [1.807, 2.05) is 10.6 Å². The van der Waals surface area contributed by atoms with Gasteiger partial charge in [0.25, 0.3) is 0 Å². The highest BCUT2D eigenvalue weighted by molar-refractivity contribution is 5.94. The van der Waals surface area contributed by atoms with Gasteiger partial charge in [0.05, 0.1) is 0 Å². The van der Waals surface area contributed by atoms with Crippen molar-refractivity contribution < 1.29 is 0 Å². The maximum atomic E-state index is 6.47. The second-order valence-corrected chi connectivity index (χ2v) is 1.90. The van der Waals surface area contributed by atoms with Gasteiger partial charge in [0.1, 0.15) is 0 Å². The first kappa shape index (κ1) is 14.0. The van der Waals surface area contributed by atoms with Gasteiger partial charge in [-0.15, -0.1) is 0 Å². The molecule has 80 valence electrons. The summed E-state index contributed by atoms with van der Waals surface area (Å²) in [6.07, 6.45) is 0. The van der Waals surface area contributed by atoms with Crippen molar-refractivity contribution in [2.24, 2.45) is 22.9 Å². The lowest BCUT2D eigenvalue weighted by Gasteiger charge is -1.95. The van der Waals surface area contributed by atoms with Crippen molar-refractivity contribution in [2.75, 3.05) is 0 Å². The van der Waals surface area contributed by atoms with Crippen LogP contribution in [-0.2, 0) is 0 Å². The Morgan fingerprint density at radius 2 is 0.714 bits per heavy atom. The van der Waals surface area contributed by atoms with Gasteiger partial charge in [0.2, 0.25) is 0 Å². The molecule has 0 unspecified atom stereocenters. The summed E-state index contributed by atoms with van der Waals surface area (Å²) in [4.78, 5) is 0. The molecular weight excluding hydrogens is 188 g/mol. The number of hydrogen-bond acceptors (Lipinski definition) is 4. The fourth-order valence-corrected chi connectivity index (χ4v) is 0.290. The van der Waals surface area contributed by atoms with E-state index in [9.17, 15) is 0 Å². The fraction of sp³-hybridized carbons (Fsp3) is 0. The van der Waals surface area contributed by atoms with E-state index in [4.69, 9.17) is 44.6 Å². The summed E-state index contributed by atoms with van der Waals surface area (Å²) in [5, 5.41) is 29.9. The van der Waals surface area contributed by atoms with Crippen molar-refractivity contribution in [3.8, 4) is 0 Å². The summed E-state index contributed by atoms with van der Waals surface area (Å²) in [5.74, 6) is -1.25. The molecule has 14 N–H and O–H groups in total. The van der Waals surface area contributed by atoms with Gasteiger partial charge in [0, 0.05) is 0 Å². The lowest BCUT2D eigenvalue weighted by atomic mass is 10.9. The molecule has 0 aromatic carbocycles. The van der Waals surface area contributed by atoms with Crippen LogP contribution in [0.25, 0.3) is 0 Å². The van der Waals surface area contributed by atoms with Crippen LogP contribution < -0.4 is 33.6 Å². The molecule has 10 nitrogen and oxygen atoms in total. The molecule has 0 rings (SSSR count). The average Bonchev–Trinajstić information content (AvgIpc) is 1.79. The largest absolute Gasteiger partial charge is 0.370 e. The topological polar surface area (TPSA) is 224 Å². The van der Waals surface area contributed by atoms with Crippen LogP contribution in [0.5, 0.6) is 0 Å². The molecule has 0 atom stereocenters. The molecule has 0 aromatic rings. The Bertz CT molecular complexity index is 191. The zero-order valence-electron chi connectivity index (χ0n) is 7.31. The first-order valence-corrected chi connectivity index (χ1v) is 3.15. The highest BCUT2D eigenvalue weighted by atomic mass is 15.1. The molecule has 0 amide bonds. The minimum atomic E-state index is -0.312. The SMILES string of the molecule is N=C(N)NC(=N)N.N=C(N)NC(=N)N. The van der Waals surface area contributed by atoms with Crippen LogP contribution in [-0.4, -0.2) is 23.8 Å². The molecule has 0 aliphatic rings. The number of guanidine groups is 4. The summed E-state index contributed by atoms with van der Waals surface area (Å²) >= 11 is 0. The molecule has 0 spiro atoms. The van der Waals surface area contributed by atoms with Crippen molar-refractivity contribution in [2.45, 2.75) is 0 Å². The molecule has 10 heteroatoms. The van der Waals surface area contributed by atoms with E-state index in [1.54, 1.807) is 0 Å². The smallest absolute Gasteiger partial charge is 0.192 e. The Balaban J connectivity index is 0. The fourth-order valence-electron chi connectivity index (χ4n) is 0.290. The number of rotatable bonds is 0. The van der Waals surface area contributed by atoms with Crippen LogP contribution in [0.1, 0.15) is 0 Å². The van der Waals surface area contributed by atoms with Gasteiger partial charge >= 0.3 is 0 Å². The van der Waals surface area contributed by atoms with Gasteiger partial charge in [-0.2, -0.15) is 0 Å². The van der Waals surface area contributed by atoms with E-state index in [0.29, 0.717) is 0 Å². The van der Waals surface area contributed by atoms with Crippen LogP contribution in [0.4, 0.5) is 0 Å². The lowest BCUT2D eigenvalue weighted by molar-refractivity contribution is 1.18. The Hall–Kier alpha value is -2.52. The van der Waals surface area contributed by atoms with Crippen LogP contribution in [0.15, 0.2) is 0 Å². The Kier molecular flexibility index (Phi) is 7.16. The van der Waals surface area contributed by atoms with E-state index in [-0.39, 0.29) is 23.8 Å². The molecule has 0 bridgehead atoms. The molecule has 0 aromatic heterocycles. The van der Waals surface area contributed by atoms with Gasteiger partial charge in [-0.05, 0) is 0 Å². The van der Waals surface area contributed by atoms with Crippen molar-refractivity contribution >= 4 is 23.8 Å². The molecule has 0 heterocycles. The zero-order valence-corrected chi connectivity index (χ0v) is 7.31. The molecule has 0 aliphatic carbocycles. The van der Waals surface area contributed by atoms with Gasteiger partial charge < -0.3 is 22.9 Å². The van der Waals surface area contributed by atoms with Gasteiger partial charge in [0.15, 0.2) is 23.8 Å². The van der Waals surface area contributed by atoms with Crippen molar-refractivity contribution in [1.29, 1.82) is 21.6 Å². The number of hydrogen-bond donors (Lipinski definition) is 10. The minimum Gasteiger partial charge on any atom is -0.370 e. The first-order chi connectivity index (χ1) is 6.25. The molecule has 0 aliphatic heterocycles. The summed E-state index contributed by atoms with van der Waals surface area (Å²) in [7, 11) is 0. The third-order valence-electron chi connectivity index (χ3n) is 0.539. The normalized spacial score (nSPS) is 7.43. The van der Waals surface area contributed by atoms with Crippen molar-refractivity contribution in [3.05, 3.63) is 0 Å². The van der Waals surface area contributed by atoms with Crippen LogP contribution in [0.2, 0.25) is 0 Å². The Morgan fingerprint density at radius 1 is 0.571 bits per heavy atom. The van der Waals surface area contributed by atoms with E-state index in [2.05, 4.69) is 0 Å². The summed E-state index contributed by atoms with van der Waals surface area (Å²) in [6.45, 7) is 0. The molecule has 0 saturated carbocycles. The average molecular weight is 202 g/mol.